The lowest BCUT2D eigenvalue weighted by molar-refractivity contribution is 0.892. The zero-order valence-electron chi connectivity index (χ0n) is 34.3. The van der Waals surface area contributed by atoms with E-state index in [9.17, 15) is 0 Å². The fourth-order valence-corrected chi connectivity index (χ4v) is 10.4. The number of para-hydroxylation sites is 8. The minimum Gasteiger partial charge on any atom is -0.308 e. The average Bonchev–Trinajstić information content (AvgIpc) is 4.09. The molecule has 5 aromatic heterocycles. The Hall–Kier alpha value is -8.81. The predicted molar refractivity (Wildman–Crippen MR) is 263 cm³/mol. The molecule has 0 unspecified atom stereocenters. The molecule has 0 fully saturated rings. The van der Waals surface area contributed by atoms with Crippen LogP contribution in [0.2, 0.25) is 0 Å². The third kappa shape index (κ3) is 4.83. The summed E-state index contributed by atoms with van der Waals surface area (Å²) in [6, 6.07) is 75.4. The van der Waals surface area contributed by atoms with Crippen molar-refractivity contribution in [1.82, 2.24) is 33.2 Å². The van der Waals surface area contributed by atoms with Gasteiger partial charge in [0.15, 0.2) is 5.82 Å². The molecule has 7 nitrogen and oxygen atoms in total. The van der Waals surface area contributed by atoms with E-state index in [0.717, 1.165) is 93.4 Å². The van der Waals surface area contributed by atoms with Crippen LogP contribution in [0.25, 0.3) is 122 Å². The zero-order chi connectivity index (χ0) is 41.9. The van der Waals surface area contributed by atoms with Crippen LogP contribution in [0.4, 0.5) is 0 Å². The smallest absolute Gasteiger partial charge is 0.240 e. The number of aromatic nitrogens is 7. The predicted octanol–water partition coefficient (Wildman–Crippen LogP) is 13.9. The maximum Gasteiger partial charge on any atom is 0.240 e. The fraction of sp³-hybridized carbons (Fsp3) is 0. The average molecular weight is 818 g/mol. The molecule has 0 atom stereocenters. The minimum atomic E-state index is 0.534. The standard InChI is InChI=1S/C57H35N7/c1-2-18-36(19-3-1)61-45-27-11-10-26-43(45)44-34-35-52(62-46-28-12-4-20-37(46)38-21-5-13-29-47(38)62)53(54(44)61)55-58-56(63-48-30-14-6-22-39(48)40-23-7-15-31-49(40)63)60-57(59-55)64-50-32-16-8-24-41(50)42-25-9-17-33-51(42)64/h1-35H. The van der Waals surface area contributed by atoms with Crippen LogP contribution < -0.4 is 0 Å². The lowest BCUT2D eigenvalue weighted by Gasteiger charge is -2.18. The van der Waals surface area contributed by atoms with E-state index in [2.05, 4.69) is 231 Å². The van der Waals surface area contributed by atoms with E-state index in [-0.39, 0.29) is 0 Å². The Bertz CT molecular complexity index is 3910. The lowest BCUT2D eigenvalue weighted by Crippen LogP contribution is -2.12. The highest BCUT2D eigenvalue weighted by atomic mass is 15.3. The highest BCUT2D eigenvalue weighted by Crippen LogP contribution is 2.44. The van der Waals surface area contributed by atoms with Gasteiger partial charge in [-0.3, -0.25) is 9.13 Å². The second-order valence-corrected chi connectivity index (χ2v) is 16.4. The van der Waals surface area contributed by atoms with E-state index in [1.807, 2.05) is 0 Å². The first kappa shape index (κ1) is 34.9. The fourth-order valence-electron chi connectivity index (χ4n) is 10.4. The van der Waals surface area contributed by atoms with Gasteiger partial charge in [0.2, 0.25) is 11.9 Å². The van der Waals surface area contributed by atoms with Crippen molar-refractivity contribution < 1.29 is 0 Å². The summed E-state index contributed by atoms with van der Waals surface area (Å²) in [7, 11) is 0. The molecule has 0 saturated heterocycles. The highest BCUT2D eigenvalue weighted by molar-refractivity contribution is 6.17. The highest BCUT2D eigenvalue weighted by Gasteiger charge is 2.27. The van der Waals surface area contributed by atoms with Gasteiger partial charge < -0.3 is 9.13 Å². The zero-order valence-corrected chi connectivity index (χ0v) is 34.3. The van der Waals surface area contributed by atoms with E-state index in [0.29, 0.717) is 17.7 Å². The van der Waals surface area contributed by atoms with Gasteiger partial charge in [0, 0.05) is 48.8 Å². The molecule has 0 aliphatic heterocycles. The summed E-state index contributed by atoms with van der Waals surface area (Å²) in [5.41, 5.74) is 11.3. The quantitative estimate of drug-likeness (QED) is 0.174. The van der Waals surface area contributed by atoms with Gasteiger partial charge in [-0.1, -0.05) is 152 Å². The molecule has 298 valence electrons. The van der Waals surface area contributed by atoms with Crippen molar-refractivity contribution in [2.75, 3.05) is 0 Å². The van der Waals surface area contributed by atoms with Crippen molar-refractivity contribution in [2.45, 2.75) is 0 Å². The van der Waals surface area contributed by atoms with Crippen LogP contribution in [0.5, 0.6) is 0 Å². The molecule has 14 aromatic rings. The molecule has 0 amide bonds. The van der Waals surface area contributed by atoms with Gasteiger partial charge in [-0.2, -0.15) is 15.0 Å². The molecule has 0 radical (unpaired) electrons. The van der Waals surface area contributed by atoms with Crippen LogP contribution >= 0.6 is 0 Å². The van der Waals surface area contributed by atoms with Gasteiger partial charge in [0.1, 0.15) is 0 Å². The number of hydrogen-bond donors (Lipinski definition) is 0. The van der Waals surface area contributed by atoms with Gasteiger partial charge in [-0.05, 0) is 60.7 Å². The molecule has 0 aliphatic carbocycles. The maximum atomic E-state index is 5.70. The van der Waals surface area contributed by atoms with Gasteiger partial charge >= 0.3 is 0 Å². The van der Waals surface area contributed by atoms with Crippen molar-refractivity contribution in [3.8, 4) is 34.7 Å². The Morgan fingerprint density at radius 1 is 0.250 bits per heavy atom. The molecule has 9 aromatic carbocycles. The Labute approximate surface area is 366 Å². The van der Waals surface area contributed by atoms with Crippen LogP contribution in [-0.2, 0) is 0 Å². The Morgan fingerprint density at radius 2 is 0.578 bits per heavy atom. The molecule has 64 heavy (non-hydrogen) atoms. The van der Waals surface area contributed by atoms with Crippen molar-refractivity contribution in [1.29, 1.82) is 0 Å². The summed E-state index contributed by atoms with van der Waals surface area (Å²) in [5, 5.41) is 9.16. The Morgan fingerprint density at radius 3 is 0.984 bits per heavy atom. The summed E-state index contributed by atoms with van der Waals surface area (Å²) < 4.78 is 9.21. The van der Waals surface area contributed by atoms with Crippen LogP contribution in [0.15, 0.2) is 212 Å². The molecule has 7 heteroatoms. The first-order chi connectivity index (χ1) is 31.8. The van der Waals surface area contributed by atoms with E-state index in [1.165, 1.54) is 10.8 Å². The van der Waals surface area contributed by atoms with Crippen molar-refractivity contribution in [2.24, 2.45) is 0 Å². The number of fused-ring (bicyclic) bond motifs is 12. The normalized spacial score (nSPS) is 12.1. The van der Waals surface area contributed by atoms with Gasteiger partial charge in [0.05, 0.1) is 55.4 Å². The molecule has 14 rings (SSSR count). The second-order valence-electron chi connectivity index (χ2n) is 16.4. The van der Waals surface area contributed by atoms with E-state index in [1.54, 1.807) is 0 Å². The second kappa shape index (κ2) is 13.3. The van der Waals surface area contributed by atoms with Gasteiger partial charge in [-0.25, -0.2) is 0 Å². The van der Waals surface area contributed by atoms with E-state index >= 15 is 0 Å². The van der Waals surface area contributed by atoms with E-state index < -0.39 is 0 Å². The van der Waals surface area contributed by atoms with E-state index in [4.69, 9.17) is 15.0 Å². The minimum absolute atomic E-state index is 0.534. The molecule has 0 saturated carbocycles. The Kier molecular flexibility index (Phi) is 7.27. The summed E-state index contributed by atoms with van der Waals surface area (Å²) >= 11 is 0. The lowest BCUT2D eigenvalue weighted by atomic mass is 10.1. The third-order valence-electron chi connectivity index (χ3n) is 13.0. The first-order valence-corrected chi connectivity index (χ1v) is 21.6. The molecular weight excluding hydrogens is 783 g/mol. The molecular formula is C57H35N7. The summed E-state index contributed by atoms with van der Waals surface area (Å²) in [4.78, 5) is 16.9. The van der Waals surface area contributed by atoms with Crippen LogP contribution in [0, 0.1) is 0 Å². The summed E-state index contributed by atoms with van der Waals surface area (Å²) in [5.74, 6) is 1.63. The van der Waals surface area contributed by atoms with Crippen molar-refractivity contribution in [3.05, 3.63) is 212 Å². The summed E-state index contributed by atoms with van der Waals surface area (Å²) in [6.45, 7) is 0. The monoisotopic (exact) mass is 817 g/mol. The topological polar surface area (TPSA) is 58.4 Å². The number of nitrogens with zero attached hydrogens (tertiary/aromatic N) is 7. The maximum absolute atomic E-state index is 5.70. The SMILES string of the molecule is c1ccc(-n2c3ccccc3c3ccc(-n4c5ccccc5c5ccccc54)c(-c4nc(-n5c6ccccc6c6ccccc65)nc(-n5c6ccccc6c6ccccc65)n4)c32)cc1. The largest absolute Gasteiger partial charge is 0.308 e. The molecule has 5 heterocycles. The van der Waals surface area contributed by atoms with Gasteiger partial charge in [0.25, 0.3) is 0 Å². The Balaban J connectivity index is 1.21. The molecule has 0 spiro atoms. The molecule has 0 N–H and O–H groups in total. The van der Waals surface area contributed by atoms with Crippen molar-refractivity contribution in [3.63, 3.8) is 0 Å². The number of rotatable bonds is 5. The number of hydrogen-bond acceptors (Lipinski definition) is 3. The van der Waals surface area contributed by atoms with Crippen molar-refractivity contribution >= 4 is 87.2 Å². The van der Waals surface area contributed by atoms with Crippen LogP contribution in [-0.4, -0.2) is 33.2 Å². The third-order valence-corrected chi connectivity index (χ3v) is 13.0. The molecule has 0 bridgehead atoms. The van der Waals surface area contributed by atoms with Crippen LogP contribution in [0.3, 0.4) is 0 Å². The van der Waals surface area contributed by atoms with Crippen LogP contribution in [0.1, 0.15) is 0 Å². The first-order valence-electron chi connectivity index (χ1n) is 21.6. The number of benzene rings is 9. The summed E-state index contributed by atoms with van der Waals surface area (Å²) in [6.07, 6.45) is 0. The molecule has 0 aliphatic rings. The van der Waals surface area contributed by atoms with Gasteiger partial charge in [-0.15, -0.1) is 0 Å².